The smallest absolute Gasteiger partial charge is 0.0235 e. The molecule has 3 aliphatic rings. The summed E-state index contributed by atoms with van der Waals surface area (Å²) in [5.74, 6) is 0. The minimum atomic E-state index is 0.611. The van der Waals surface area contributed by atoms with E-state index in [4.69, 9.17) is 0 Å². The molecular weight excluding hydrogens is 288 g/mol. The van der Waals surface area contributed by atoms with Gasteiger partial charge in [-0.2, -0.15) is 0 Å². The largest absolute Gasteiger partial charge is 0.301 e. The van der Waals surface area contributed by atoms with Gasteiger partial charge < -0.3 is 4.90 Å². The molecule has 1 aliphatic carbocycles. The Labute approximate surface area is 120 Å². The third-order valence-electron chi connectivity index (χ3n) is 5.41. The lowest BCUT2D eigenvalue weighted by molar-refractivity contribution is 0.180. The topological polar surface area (TPSA) is 6.48 Å². The van der Waals surface area contributed by atoms with Crippen LogP contribution in [-0.4, -0.2) is 53.9 Å². The Bertz CT molecular complexity index is 270. The minimum absolute atomic E-state index is 0.611. The summed E-state index contributed by atoms with van der Waals surface area (Å²) in [4.78, 5) is 5.50. The summed E-state index contributed by atoms with van der Waals surface area (Å²) < 4.78 is 0. The molecule has 104 valence electrons. The fourth-order valence-electron chi connectivity index (χ4n) is 4.29. The van der Waals surface area contributed by atoms with Crippen LogP contribution < -0.4 is 0 Å². The Balaban J connectivity index is 1.52. The van der Waals surface area contributed by atoms with Crippen molar-refractivity contribution < 1.29 is 0 Å². The van der Waals surface area contributed by atoms with E-state index in [1.807, 2.05) is 0 Å². The predicted molar refractivity (Wildman–Crippen MR) is 80.3 cm³/mol. The fraction of sp³-hybridized carbons (Fsp3) is 1.00. The highest BCUT2D eigenvalue weighted by Gasteiger charge is 2.37. The number of rotatable bonds is 4. The van der Waals surface area contributed by atoms with Crippen LogP contribution in [0, 0.1) is 5.41 Å². The third-order valence-corrected chi connectivity index (χ3v) is 6.60. The molecule has 2 nitrogen and oxygen atoms in total. The van der Waals surface area contributed by atoms with Crippen molar-refractivity contribution in [2.75, 3.05) is 38.1 Å². The summed E-state index contributed by atoms with van der Waals surface area (Å²) in [7, 11) is 0. The molecule has 0 amide bonds. The fourth-order valence-corrected chi connectivity index (χ4v) is 5.03. The lowest BCUT2D eigenvalue weighted by atomic mass is 9.88. The molecule has 0 spiro atoms. The van der Waals surface area contributed by atoms with E-state index in [1.54, 1.807) is 0 Å². The van der Waals surface area contributed by atoms with E-state index in [9.17, 15) is 0 Å². The molecule has 1 saturated carbocycles. The molecule has 18 heavy (non-hydrogen) atoms. The molecule has 0 N–H and O–H groups in total. The molecule has 0 radical (unpaired) electrons. The van der Waals surface area contributed by atoms with E-state index in [0.29, 0.717) is 5.41 Å². The van der Waals surface area contributed by atoms with Crippen LogP contribution in [0.15, 0.2) is 0 Å². The van der Waals surface area contributed by atoms with E-state index in [1.165, 1.54) is 83.0 Å². The molecule has 0 bridgehead atoms. The average molecular weight is 315 g/mol. The molecule has 0 aromatic carbocycles. The summed E-state index contributed by atoms with van der Waals surface area (Å²) in [6, 6.07) is 0.876. The van der Waals surface area contributed by atoms with Gasteiger partial charge in [-0.15, -0.1) is 0 Å². The van der Waals surface area contributed by atoms with Crippen LogP contribution in [-0.2, 0) is 0 Å². The standard InChI is InChI=1S/C15H27BrN2/c16-12-15(6-1-2-7-15)13-17-10-5-14(11-17)18-8-3-4-9-18/h14H,1-13H2. The zero-order valence-corrected chi connectivity index (χ0v) is 13.1. The molecule has 1 unspecified atom stereocenters. The maximum atomic E-state index is 3.78. The van der Waals surface area contributed by atoms with Crippen LogP contribution in [0.1, 0.15) is 44.9 Å². The number of halogens is 1. The van der Waals surface area contributed by atoms with Gasteiger partial charge in [-0.3, -0.25) is 4.90 Å². The molecule has 1 atom stereocenters. The highest BCUT2D eigenvalue weighted by atomic mass is 79.9. The summed E-state index contributed by atoms with van der Waals surface area (Å²) in [5, 5.41) is 1.21. The number of nitrogens with zero attached hydrogens (tertiary/aromatic N) is 2. The van der Waals surface area contributed by atoms with Crippen molar-refractivity contribution in [3.05, 3.63) is 0 Å². The van der Waals surface area contributed by atoms with Crippen LogP contribution in [0.4, 0.5) is 0 Å². The Morgan fingerprint density at radius 1 is 1.00 bits per heavy atom. The SMILES string of the molecule is BrCC1(CN2CCC(N3CCCC3)C2)CCCC1. The summed E-state index contributed by atoms with van der Waals surface area (Å²) in [6.07, 6.45) is 10.1. The molecular formula is C15H27BrN2. The zero-order valence-electron chi connectivity index (χ0n) is 11.5. The number of alkyl halides is 1. The van der Waals surface area contributed by atoms with Crippen LogP contribution in [0.5, 0.6) is 0 Å². The third kappa shape index (κ3) is 2.78. The van der Waals surface area contributed by atoms with E-state index in [0.717, 1.165) is 6.04 Å². The molecule has 2 heterocycles. The summed E-state index contributed by atoms with van der Waals surface area (Å²) in [6.45, 7) is 6.76. The highest BCUT2D eigenvalue weighted by molar-refractivity contribution is 9.09. The van der Waals surface area contributed by atoms with Gasteiger partial charge in [0.25, 0.3) is 0 Å². The molecule has 0 aromatic rings. The first-order chi connectivity index (χ1) is 8.81. The molecule has 3 fully saturated rings. The molecule has 2 saturated heterocycles. The molecule has 0 aromatic heterocycles. The number of likely N-dealkylation sites (tertiary alicyclic amines) is 2. The van der Waals surface area contributed by atoms with Crippen LogP contribution in [0.3, 0.4) is 0 Å². The Kier molecular flexibility index (Phi) is 4.32. The van der Waals surface area contributed by atoms with Crippen LogP contribution >= 0.6 is 15.9 Å². The normalized spacial score (nSPS) is 33.5. The highest BCUT2D eigenvalue weighted by Crippen LogP contribution is 2.41. The first-order valence-electron chi connectivity index (χ1n) is 7.84. The van der Waals surface area contributed by atoms with Crippen molar-refractivity contribution in [2.45, 2.75) is 51.0 Å². The van der Waals surface area contributed by atoms with Gasteiger partial charge >= 0.3 is 0 Å². The zero-order chi connectivity index (χ0) is 12.4. The Morgan fingerprint density at radius 2 is 1.72 bits per heavy atom. The van der Waals surface area contributed by atoms with E-state index < -0.39 is 0 Å². The van der Waals surface area contributed by atoms with Gasteiger partial charge in [-0.1, -0.05) is 28.8 Å². The van der Waals surface area contributed by atoms with Crippen molar-refractivity contribution in [1.82, 2.24) is 9.80 Å². The van der Waals surface area contributed by atoms with E-state index in [2.05, 4.69) is 25.7 Å². The second-order valence-corrected chi connectivity index (χ2v) is 7.32. The van der Waals surface area contributed by atoms with E-state index in [-0.39, 0.29) is 0 Å². The minimum Gasteiger partial charge on any atom is -0.301 e. The van der Waals surface area contributed by atoms with Gasteiger partial charge in [-0.05, 0) is 57.2 Å². The van der Waals surface area contributed by atoms with Gasteiger partial charge in [-0.25, -0.2) is 0 Å². The van der Waals surface area contributed by atoms with Gasteiger partial charge in [0.2, 0.25) is 0 Å². The molecule has 3 heteroatoms. The lowest BCUT2D eigenvalue weighted by Crippen LogP contribution is -2.39. The first-order valence-corrected chi connectivity index (χ1v) is 8.96. The second-order valence-electron chi connectivity index (χ2n) is 6.76. The summed E-state index contributed by atoms with van der Waals surface area (Å²) >= 11 is 3.78. The first kappa shape index (κ1) is 13.4. The molecule has 3 rings (SSSR count). The van der Waals surface area contributed by atoms with Gasteiger partial charge in [0.15, 0.2) is 0 Å². The quantitative estimate of drug-likeness (QED) is 0.736. The van der Waals surface area contributed by atoms with Gasteiger partial charge in [0.1, 0.15) is 0 Å². The van der Waals surface area contributed by atoms with Crippen molar-refractivity contribution in [2.24, 2.45) is 5.41 Å². The monoisotopic (exact) mass is 314 g/mol. The predicted octanol–water partition coefficient (Wildman–Crippen LogP) is 3.11. The number of hydrogen-bond acceptors (Lipinski definition) is 2. The summed E-state index contributed by atoms with van der Waals surface area (Å²) in [5.41, 5.74) is 0.611. The van der Waals surface area contributed by atoms with E-state index >= 15 is 0 Å². The molecule has 2 aliphatic heterocycles. The average Bonchev–Trinajstić information content (AvgIpc) is 3.10. The maximum Gasteiger partial charge on any atom is 0.0235 e. The van der Waals surface area contributed by atoms with Crippen molar-refractivity contribution in [3.8, 4) is 0 Å². The second kappa shape index (κ2) is 5.80. The van der Waals surface area contributed by atoms with Crippen LogP contribution in [0.25, 0.3) is 0 Å². The maximum absolute atomic E-state index is 3.78. The van der Waals surface area contributed by atoms with Crippen LogP contribution in [0.2, 0.25) is 0 Å². The lowest BCUT2D eigenvalue weighted by Gasteiger charge is -2.32. The van der Waals surface area contributed by atoms with Crippen molar-refractivity contribution in [1.29, 1.82) is 0 Å². The Morgan fingerprint density at radius 3 is 2.39 bits per heavy atom. The van der Waals surface area contributed by atoms with Gasteiger partial charge in [0.05, 0.1) is 0 Å². The number of hydrogen-bond donors (Lipinski definition) is 0. The van der Waals surface area contributed by atoms with Crippen molar-refractivity contribution >= 4 is 15.9 Å². The Hall–Kier alpha value is 0.400. The van der Waals surface area contributed by atoms with Gasteiger partial charge in [0, 0.05) is 24.5 Å². The van der Waals surface area contributed by atoms with Crippen molar-refractivity contribution in [3.63, 3.8) is 0 Å².